The largest absolute Gasteiger partial charge is 0.273 e. The van der Waals surface area contributed by atoms with E-state index >= 15 is 0 Å². The zero-order valence-electron chi connectivity index (χ0n) is 9.80. The average molecular weight is 242 g/mol. The van der Waals surface area contributed by atoms with Crippen molar-refractivity contribution in [1.82, 2.24) is 9.03 Å². The molecule has 0 N–H and O–H groups in total. The summed E-state index contributed by atoms with van der Waals surface area (Å²) in [5.41, 5.74) is 2.20. The van der Waals surface area contributed by atoms with Crippen LogP contribution in [0.3, 0.4) is 0 Å². The molecule has 0 saturated heterocycles. The van der Waals surface area contributed by atoms with Crippen molar-refractivity contribution in [2.24, 2.45) is 0 Å². The van der Waals surface area contributed by atoms with Crippen LogP contribution in [0.15, 0.2) is 53.6 Å². The standard InChI is InChI=1S/C14H11FN2O/c1-10-3-2-8-16-9-13(17(16)14(10)18)11-4-6-12(15)7-5-11/h2-9H,1H3. The highest BCUT2D eigenvalue weighted by Gasteiger charge is 2.10. The Hall–Kier alpha value is -2.36. The molecular formula is C14H11FN2O. The molecule has 0 saturated carbocycles. The van der Waals surface area contributed by atoms with Crippen molar-refractivity contribution in [3.05, 3.63) is 70.5 Å². The van der Waals surface area contributed by atoms with Crippen LogP contribution in [0.1, 0.15) is 5.56 Å². The van der Waals surface area contributed by atoms with Gasteiger partial charge >= 0.3 is 0 Å². The summed E-state index contributed by atoms with van der Waals surface area (Å²) in [4.78, 5) is 12.1. The average Bonchev–Trinajstić information content (AvgIpc) is 2.43. The molecule has 0 radical (unpaired) electrons. The summed E-state index contributed by atoms with van der Waals surface area (Å²) in [6.45, 7) is 1.77. The van der Waals surface area contributed by atoms with Crippen molar-refractivity contribution in [1.29, 1.82) is 0 Å². The number of benzene rings is 1. The first-order valence-corrected chi connectivity index (χ1v) is 5.62. The summed E-state index contributed by atoms with van der Waals surface area (Å²) in [7, 11) is 0. The van der Waals surface area contributed by atoms with Gasteiger partial charge in [0.15, 0.2) is 0 Å². The second-order valence-electron chi connectivity index (χ2n) is 4.21. The van der Waals surface area contributed by atoms with Crippen molar-refractivity contribution in [3.63, 3.8) is 0 Å². The Kier molecular flexibility index (Phi) is 2.30. The van der Waals surface area contributed by atoms with Gasteiger partial charge in [0, 0.05) is 17.3 Å². The topological polar surface area (TPSA) is 25.9 Å². The van der Waals surface area contributed by atoms with Crippen molar-refractivity contribution in [3.8, 4) is 11.3 Å². The van der Waals surface area contributed by atoms with E-state index in [9.17, 15) is 9.18 Å². The lowest BCUT2D eigenvalue weighted by Gasteiger charge is -2.13. The first-order chi connectivity index (χ1) is 8.66. The molecule has 0 bridgehead atoms. The van der Waals surface area contributed by atoms with Gasteiger partial charge < -0.3 is 0 Å². The van der Waals surface area contributed by atoms with E-state index in [-0.39, 0.29) is 11.4 Å². The highest BCUT2D eigenvalue weighted by Crippen LogP contribution is 2.19. The predicted molar refractivity (Wildman–Crippen MR) is 67.2 cm³/mol. The highest BCUT2D eigenvalue weighted by molar-refractivity contribution is 5.59. The summed E-state index contributed by atoms with van der Waals surface area (Å²) < 4.78 is 16.2. The molecule has 0 unspecified atom stereocenters. The van der Waals surface area contributed by atoms with E-state index in [0.717, 1.165) is 11.3 Å². The van der Waals surface area contributed by atoms with Crippen LogP contribution in [-0.2, 0) is 0 Å². The van der Waals surface area contributed by atoms with Crippen molar-refractivity contribution in [2.45, 2.75) is 6.92 Å². The van der Waals surface area contributed by atoms with Crippen molar-refractivity contribution in [2.75, 3.05) is 0 Å². The van der Waals surface area contributed by atoms with Gasteiger partial charge in [-0.2, -0.15) is 0 Å². The Bertz CT molecular complexity index is 769. The van der Waals surface area contributed by atoms with E-state index in [1.165, 1.54) is 12.1 Å². The third kappa shape index (κ3) is 1.54. The van der Waals surface area contributed by atoms with Gasteiger partial charge in [-0.05, 0) is 37.3 Å². The van der Waals surface area contributed by atoms with Crippen LogP contribution in [0.5, 0.6) is 0 Å². The fourth-order valence-corrected chi connectivity index (χ4v) is 1.96. The molecule has 3 nitrogen and oxygen atoms in total. The minimum atomic E-state index is -0.284. The number of nitrogens with zero attached hydrogens (tertiary/aromatic N) is 2. The highest BCUT2D eigenvalue weighted by atomic mass is 19.1. The predicted octanol–water partition coefficient (Wildman–Crippen LogP) is 2.51. The van der Waals surface area contributed by atoms with Crippen LogP contribution in [0.25, 0.3) is 11.3 Å². The number of fused-ring (bicyclic) bond motifs is 1. The minimum absolute atomic E-state index is 0.0678. The third-order valence-electron chi connectivity index (χ3n) is 2.97. The van der Waals surface area contributed by atoms with E-state index in [4.69, 9.17) is 0 Å². The molecule has 2 heterocycles. The summed E-state index contributed by atoms with van der Waals surface area (Å²) in [5, 5.41) is 0. The molecule has 90 valence electrons. The van der Waals surface area contributed by atoms with Gasteiger partial charge in [0.05, 0.1) is 11.9 Å². The second kappa shape index (κ2) is 3.84. The van der Waals surface area contributed by atoms with Crippen LogP contribution in [0.4, 0.5) is 4.39 Å². The zero-order chi connectivity index (χ0) is 12.7. The monoisotopic (exact) mass is 242 g/mol. The first-order valence-electron chi connectivity index (χ1n) is 5.62. The Morgan fingerprint density at radius 2 is 1.83 bits per heavy atom. The molecule has 0 aliphatic carbocycles. The van der Waals surface area contributed by atoms with Gasteiger partial charge in [0.2, 0.25) is 0 Å². The molecule has 0 fully saturated rings. The third-order valence-corrected chi connectivity index (χ3v) is 2.97. The van der Waals surface area contributed by atoms with E-state index in [1.54, 1.807) is 40.4 Å². The SMILES string of the molecule is Cc1cccn2cc(-c3ccc(F)cc3)n2c1=O. The molecule has 3 rings (SSSR count). The lowest BCUT2D eigenvalue weighted by molar-refractivity contribution is 0.627. The number of hydrogen-bond donors (Lipinski definition) is 0. The Morgan fingerprint density at radius 3 is 2.56 bits per heavy atom. The normalized spacial score (nSPS) is 11.0. The quantitative estimate of drug-likeness (QED) is 0.644. The summed E-state index contributed by atoms with van der Waals surface area (Å²) >= 11 is 0. The first kappa shape index (κ1) is 10.8. The Morgan fingerprint density at radius 1 is 1.11 bits per heavy atom. The van der Waals surface area contributed by atoms with Gasteiger partial charge in [0.1, 0.15) is 5.82 Å². The number of halogens is 1. The molecule has 4 heteroatoms. The molecule has 0 amide bonds. The summed E-state index contributed by atoms with van der Waals surface area (Å²) in [6, 6.07) is 9.71. The molecule has 2 aromatic heterocycles. The molecule has 18 heavy (non-hydrogen) atoms. The van der Waals surface area contributed by atoms with E-state index in [2.05, 4.69) is 0 Å². The van der Waals surface area contributed by atoms with Crippen LogP contribution >= 0.6 is 0 Å². The summed E-state index contributed by atoms with van der Waals surface area (Å²) in [5.74, 6) is -0.284. The lowest BCUT2D eigenvalue weighted by atomic mass is 10.1. The zero-order valence-corrected chi connectivity index (χ0v) is 9.80. The van der Waals surface area contributed by atoms with E-state index < -0.39 is 0 Å². The van der Waals surface area contributed by atoms with Crippen LogP contribution in [-0.4, -0.2) is 9.03 Å². The molecule has 0 spiro atoms. The maximum atomic E-state index is 12.9. The van der Waals surface area contributed by atoms with Crippen LogP contribution < -0.4 is 5.56 Å². The Labute approximate surface area is 103 Å². The number of hydrogen-bond acceptors (Lipinski definition) is 1. The summed E-state index contributed by atoms with van der Waals surface area (Å²) in [6.07, 6.45) is 3.65. The fraction of sp³-hybridized carbons (Fsp3) is 0.0714. The number of rotatable bonds is 1. The maximum absolute atomic E-state index is 12.9. The van der Waals surface area contributed by atoms with Gasteiger partial charge in [-0.1, -0.05) is 6.07 Å². The molecular weight excluding hydrogens is 231 g/mol. The fourth-order valence-electron chi connectivity index (χ4n) is 1.96. The number of aromatic nitrogens is 2. The van der Waals surface area contributed by atoms with E-state index in [0.29, 0.717) is 5.56 Å². The smallest absolute Gasteiger partial charge is 0.267 e. The minimum Gasteiger partial charge on any atom is -0.267 e. The molecule has 0 atom stereocenters. The van der Waals surface area contributed by atoms with Crippen LogP contribution in [0.2, 0.25) is 0 Å². The van der Waals surface area contributed by atoms with Gasteiger partial charge in [-0.25, -0.2) is 8.91 Å². The van der Waals surface area contributed by atoms with Gasteiger partial charge in [0.25, 0.3) is 5.56 Å². The lowest BCUT2D eigenvalue weighted by Crippen LogP contribution is -2.23. The Balaban J connectivity index is 2.27. The molecule has 1 aromatic carbocycles. The van der Waals surface area contributed by atoms with Gasteiger partial charge in [-0.3, -0.25) is 9.31 Å². The molecule has 3 aromatic rings. The maximum Gasteiger partial charge on any atom is 0.273 e. The second-order valence-corrected chi connectivity index (χ2v) is 4.21. The number of aryl methyl sites for hydroxylation is 1. The van der Waals surface area contributed by atoms with E-state index in [1.807, 2.05) is 12.3 Å². The van der Waals surface area contributed by atoms with Gasteiger partial charge in [-0.15, -0.1) is 0 Å². The van der Waals surface area contributed by atoms with Crippen molar-refractivity contribution < 1.29 is 4.39 Å². The van der Waals surface area contributed by atoms with Crippen molar-refractivity contribution >= 4 is 0 Å². The molecule has 0 aliphatic rings. The van der Waals surface area contributed by atoms with Crippen LogP contribution in [0, 0.1) is 12.7 Å². The molecule has 0 aliphatic heterocycles.